The zero-order chi connectivity index (χ0) is 19.9. The first kappa shape index (κ1) is 19.9. The maximum absolute atomic E-state index is 11.9. The van der Waals surface area contributed by atoms with Gasteiger partial charge in [0.15, 0.2) is 0 Å². The van der Waals surface area contributed by atoms with Crippen molar-refractivity contribution in [1.82, 2.24) is 9.97 Å². The normalized spacial score (nSPS) is 20.2. The molecule has 2 unspecified atom stereocenters. The summed E-state index contributed by atoms with van der Waals surface area (Å²) in [5.74, 6) is 0. The number of H-pyrrole nitrogens is 2. The fraction of sp³-hybridized carbons (Fsp3) is 0.400. The Balaban J connectivity index is 1.79. The van der Waals surface area contributed by atoms with E-state index in [0.29, 0.717) is 22.3 Å². The van der Waals surface area contributed by atoms with Gasteiger partial charge < -0.3 is 20.2 Å². The predicted octanol–water partition coefficient (Wildman–Crippen LogP) is 0.897. The Kier molecular flexibility index (Phi) is 6.67. The molecule has 1 aliphatic carbocycles. The van der Waals surface area contributed by atoms with Crippen LogP contribution in [0.15, 0.2) is 44.1 Å². The van der Waals surface area contributed by atoms with Gasteiger partial charge in [-0.25, -0.2) is 0 Å². The highest BCUT2D eigenvalue weighted by atomic mass is 16.3. The lowest BCUT2D eigenvalue weighted by Gasteiger charge is -2.25. The van der Waals surface area contributed by atoms with E-state index in [2.05, 4.69) is 20.0 Å². The van der Waals surface area contributed by atoms with Crippen LogP contribution >= 0.6 is 0 Å². The van der Waals surface area contributed by atoms with Crippen LogP contribution in [0.25, 0.3) is 0 Å². The van der Waals surface area contributed by atoms with Crippen molar-refractivity contribution in [3.63, 3.8) is 0 Å². The third-order valence-corrected chi connectivity index (χ3v) is 4.85. The van der Waals surface area contributed by atoms with E-state index in [1.165, 1.54) is 24.8 Å². The number of aliphatic hydroxyl groups excluding tert-OH is 2. The average Bonchev–Trinajstić information content (AvgIpc) is 2.73. The molecule has 4 N–H and O–H groups in total. The number of nitrogens with one attached hydrogen (secondary N) is 2. The molecule has 28 heavy (non-hydrogen) atoms. The van der Waals surface area contributed by atoms with E-state index in [1.807, 2.05) is 0 Å². The van der Waals surface area contributed by atoms with Gasteiger partial charge in [0.1, 0.15) is 0 Å². The third kappa shape index (κ3) is 4.90. The van der Waals surface area contributed by atoms with Gasteiger partial charge in [-0.1, -0.05) is 12.8 Å². The number of aromatic nitrogens is 2. The molecule has 2 atom stereocenters. The molecule has 8 heteroatoms. The van der Waals surface area contributed by atoms with E-state index in [-0.39, 0.29) is 36.4 Å². The van der Waals surface area contributed by atoms with Gasteiger partial charge in [-0.3, -0.25) is 19.6 Å². The van der Waals surface area contributed by atoms with Gasteiger partial charge >= 0.3 is 0 Å². The van der Waals surface area contributed by atoms with Gasteiger partial charge in [-0.2, -0.15) is 0 Å². The van der Waals surface area contributed by atoms with Crippen LogP contribution in [0.2, 0.25) is 0 Å². The minimum Gasteiger partial charge on any atom is -0.392 e. The molecule has 1 aliphatic rings. The number of pyridine rings is 2. The van der Waals surface area contributed by atoms with Gasteiger partial charge in [-0.15, -0.1) is 0 Å². The third-order valence-electron chi connectivity index (χ3n) is 4.85. The van der Waals surface area contributed by atoms with E-state index in [4.69, 9.17) is 0 Å². The molecule has 0 bridgehead atoms. The Morgan fingerprint density at radius 3 is 1.68 bits per heavy atom. The highest BCUT2D eigenvalue weighted by Gasteiger charge is 2.23. The molecule has 1 saturated carbocycles. The van der Waals surface area contributed by atoms with E-state index in [1.54, 1.807) is 12.1 Å². The topological polar surface area (TPSA) is 131 Å². The number of aliphatic imine (C=N–C) groups is 2. The molecule has 0 aromatic carbocycles. The van der Waals surface area contributed by atoms with Crippen LogP contribution < -0.4 is 11.1 Å². The van der Waals surface area contributed by atoms with E-state index >= 15 is 0 Å². The first-order valence-electron chi connectivity index (χ1n) is 9.32. The van der Waals surface area contributed by atoms with Gasteiger partial charge in [0.2, 0.25) is 0 Å². The van der Waals surface area contributed by atoms with Crippen LogP contribution in [0.4, 0.5) is 0 Å². The smallest absolute Gasteiger partial charge is 0.256 e. The van der Waals surface area contributed by atoms with Crippen molar-refractivity contribution in [2.75, 3.05) is 0 Å². The summed E-state index contributed by atoms with van der Waals surface area (Å²) in [7, 11) is 0. The van der Waals surface area contributed by atoms with Crippen molar-refractivity contribution < 1.29 is 10.2 Å². The summed E-state index contributed by atoms with van der Waals surface area (Å²) in [4.78, 5) is 38.2. The molecule has 2 heterocycles. The molecular formula is C20H24N4O4. The minimum absolute atomic E-state index is 0.0812. The van der Waals surface area contributed by atoms with Crippen LogP contribution in [0.3, 0.4) is 0 Å². The highest BCUT2D eigenvalue weighted by molar-refractivity contribution is 5.80. The molecule has 0 radical (unpaired) electrons. The second-order valence-corrected chi connectivity index (χ2v) is 6.88. The summed E-state index contributed by atoms with van der Waals surface area (Å²) in [5, 5.41) is 18.4. The first-order chi connectivity index (χ1) is 13.6. The second kappa shape index (κ2) is 9.38. The lowest BCUT2D eigenvalue weighted by atomic mass is 9.91. The van der Waals surface area contributed by atoms with Crippen molar-refractivity contribution in [2.24, 2.45) is 9.98 Å². The molecule has 0 amide bonds. The monoisotopic (exact) mass is 384 g/mol. The number of aliphatic hydroxyl groups is 2. The van der Waals surface area contributed by atoms with Crippen molar-refractivity contribution in [1.29, 1.82) is 0 Å². The molecule has 2 aromatic heterocycles. The van der Waals surface area contributed by atoms with Crippen molar-refractivity contribution in [3.05, 3.63) is 67.5 Å². The quantitative estimate of drug-likeness (QED) is 0.551. The zero-order valence-corrected chi connectivity index (χ0v) is 15.5. The number of nitrogens with zero attached hydrogens (tertiary/aromatic N) is 2. The maximum Gasteiger partial charge on any atom is 0.256 e. The summed E-state index contributed by atoms with van der Waals surface area (Å²) in [6, 6.07) is 3.07. The molecule has 1 fully saturated rings. The summed E-state index contributed by atoms with van der Waals surface area (Å²) < 4.78 is 0. The molecular weight excluding hydrogens is 360 g/mol. The summed E-state index contributed by atoms with van der Waals surface area (Å²) in [6.07, 6.45) is 9.79. The molecule has 148 valence electrons. The molecule has 2 aromatic rings. The SMILES string of the molecule is O=c1[nH]cc(CO)cc1C=NC1CCCCC1N=Cc1cc(CO)c[nH]c1=O. The Morgan fingerprint density at radius 2 is 1.29 bits per heavy atom. The van der Waals surface area contributed by atoms with Crippen LogP contribution in [0.1, 0.15) is 47.9 Å². The Hall–Kier alpha value is -2.84. The van der Waals surface area contributed by atoms with E-state index in [0.717, 1.165) is 25.7 Å². The van der Waals surface area contributed by atoms with Gasteiger partial charge in [0.25, 0.3) is 11.1 Å². The van der Waals surface area contributed by atoms with Gasteiger partial charge in [-0.05, 0) is 36.1 Å². The molecule has 0 aliphatic heterocycles. The standard InChI is InChI=1S/C20H24N4O4/c25-11-13-5-15(19(27)23-7-13)9-21-17-3-1-2-4-18(17)22-10-16-6-14(12-26)8-24-20(16)28/h5-10,17-18,25-26H,1-4,11-12H2,(H,23,27)(H,24,28). The van der Waals surface area contributed by atoms with Crippen molar-refractivity contribution in [2.45, 2.75) is 51.0 Å². The van der Waals surface area contributed by atoms with Crippen LogP contribution in [0, 0.1) is 0 Å². The average molecular weight is 384 g/mol. The lowest BCUT2D eigenvalue weighted by molar-refractivity contribution is 0.281. The zero-order valence-electron chi connectivity index (χ0n) is 15.5. The number of rotatable bonds is 6. The molecule has 0 spiro atoms. The number of hydrogen-bond donors (Lipinski definition) is 4. The maximum atomic E-state index is 11.9. The second-order valence-electron chi connectivity index (χ2n) is 6.88. The van der Waals surface area contributed by atoms with Crippen LogP contribution in [-0.4, -0.2) is 44.7 Å². The molecule has 0 saturated heterocycles. The first-order valence-corrected chi connectivity index (χ1v) is 9.32. The van der Waals surface area contributed by atoms with Crippen molar-refractivity contribution in [3.8, 4) is 0 Å². The largest absolute Gasteiger partial charge is 0.392 e. The summed E-state index contributed by atoms with van der Waals surface area (Å²) in [6.45, 7) is -0.315. The van der Waals surface area contributed by atoms with E-state index in [9.17, 15) is 19.8 Å². The Bertz CT molecular complexity index is 897. The summed E-state index contributed by atoms with van der Waals surface area (Å²) >= 11 is 0. The number of aromatic amines is 2. The molecule has 3 rings (SSSR count). The Morgan fingerprint density at radius 1 is 0.857 bits per heavy atom. The summed E-state index contributed by atoms with van der Waals surface area (Å²) in [5.41, 5.74) is 1.50. The van der Waals surface area contributed by atoms with Crippen LogP contribution in [-0.2, 0) is 13.2 Å². The van der Waals surface area contributed by atoms with Crippen molar-refractivity contribution >= 4 is 12.4 Å². The van der Waals surface area contributed by atoms with Crippen LogP contribution in [0.5, 0.6) is 0 Å². The van der Waals surface area contributed by atoms with Gasteiger partial charge in [0, 0.05) is 24.8 Å². The highest BCUT2D eigenvalue weighted by Crippen LogP contribution is 2.24. The fourth-order valence-corrected chi connectivity index (χ4v) is 3.26. The fourth-order valence-electron chi connectivity index (χ4n) is 3.26. The van der Waals surface area contributed by atoms with Gasteiger partial charge in [0.05, 0.1) is 36.4 Å². The van der Waals surface area contributed by atoms with E-state index < -0.39 is 0 Å². The molecule has 8 nitrogen and oxygen atoms in total. The predicted molar refractivity (Wildman–Crippen MR) is 107 cm³/mol. The minimum atomic E-state index is -0.260. The lowest BCUT2D eigenvalue weighted by Crippen LogP contribution is -2.28. The Labute approximate surface area is 161 Å². The number of hydrogen-bond acceptors (Lipinski definition) is 6.